The van der Waals surface area contributed by atoms with Crippen LogP contribution in [0.2, 0.25) is 0 Å². The van der Waals surface area contributed by atoms with E-state index in [4.69, 9.17) is 0 Å². The van der Waals surface area contributed by atoms with E-state index in [1.54, 1.807) is 6.07 Å². The molecule has 0 amide bonds. The molecule has 0 atom stereocenters. The van der Waals surface area contributed by atoms with Crippen LogP contribution in [-0.4, -0.2) is 19.7 Å². The van der Waals surface area contributed by atoms with Crippen molar-refractivity contribution in [2.24, 2.45) is 0 Å². The molecule has 0 fully saturated rings. The Bertz CT molecular complexity index is 361. The standard InChI is InChI=1S/C6H6BrNO2S/c1-11(9,10)6-4-5(7)2-3-8-6/h2-4H,1H3. The van der Waals surface area contributed by atoms with E-state index in [1.807, 2.05) is 0 Å². The van der Waals surface area contributed by atoms with Gasteiger partial charge in [0.25, 0.3) is 0 Å². The molecule has 0 saturated heterocycles. The van der Waals surface area contributed by atoms with Crippen molar-refractivity contribution >= 4 is 25.8 Å². The highest BCUT2D eigenvalue weighted by molar-refractivity contribution is 9.10. The first kappa shape index (κ1) is 8.67. The highest BCUT2D eigenvalue weighted by atomic mass is 79.9. The molecule has 0 N–H and O–H groups in total. The minimum absolute atomic E-state index is 0.0897. The van der Waals surface area contributed by atoms with Gasteiger partial charge in [-0.15, -0.1) is 0 Å². The van der Waals surface area contributed by atoms with Crippen molar-refractivity contribution in [3.63, 3.8) is 0 Å². The van der Waals surface area contributed by atoms with Crippen molar-refractivity contribution in [1.29, 1.82) is 0 Å². The van der Waals surface area contributed by atoms with E-state index >= 15 is 0 Å². The van der Waals surface area contributed by atoms with Crippen molar-refractivity contribution in [2.75, 3.05) is 6.26 Å². The lowest BCUT2D eigenvalue weighted by molar-refractivity contribution is 0.598. The lowest BCUT2D eigenvalue weighted by Crippen LogP contribution is -1.99. The van der Waals surface area contributed by atoms with Gasteiger partial charge < -0.3 is 0 Å². The second kappa shape index (κ2) is 2.91. The highest BCUT2D eigenvalue weighted by Crippen LogP contribution is 2.12. The lowest BCUT2D eigenvalue weighted by Gasteiger charge is -1.95. The minimum atomic E-state index is -3.17. The molecule has 3 nitrogen and oxygen atoms in total. The van der Waals surface area contributed by atoms with Crippen molar-refractivity contribution in [3.8, 4) is 0 Å². The van der Waals surface area contributed by atoms with Gasteiger partial charge in [0, 0.05) is 16.9 Å². The maximum absolute atomic E-state index is 10.9. The van der Waals surface area contributed by atoms with Gasteiger partial charge in [-0.05, 0) is 12.1 Å². The fraction of sp³-hybridized carbons (Fsp3) is 0.167. The number of pyridine rings is 1. The van der Waals surface area contributed by atoms with Gasteiger partial charge in [0.2, 0.25) is 0 Å². The minimum Gasteiger partial charge on any atom is -0.245 e. The maximum Gasteiger partial charge on any atom is 0.192 e. The summed E-state index contributed by atoms with van der Waals surface area (Å²) < 4.78 is 22.5. The third-order valence-corrected chi connectivity index (χ3v) is 2.55. The summed E-state index contributed by atoms with van der Waals surface area (Å²) in [4.78, 5) is 3.69. The molecule has 5 heteroatoms. The van der Waals surface area contributed by atoms with Crippen LogP contribution in [0, 0.1) is 0 Å². The topological polar surface area (TPSA) is 47.0 Å². The monoisotopic (exact) mass is 235 g/mol. The summed E-state index contributed by atoms with van der Waals surface area (Å²) in [5, 5.41) is 0.0897. The first-order valence-electron chi connectivity index (χ1n) is 2.82. The molecule has 60 valence electrons. The lowest BCUT2D eigenvalue weighted by atomic mass is 10.5. The Kier molecular flexibility index (Phi) is 2.29. The van der Waals surface area contributed by atoms with Gasteiger partial charge in [-0.1, -0.05) is 15.9 Å². The number of nitrogens with zero attached hydrogens (tertiary/aromatic N) is 1. The van der Waals surface area contributed by atoms with E-state index in [-0.39, 0.29) is 5.03 Å². The molecule has 0 unspecified atom stereocenters. The van der Waals surface area contributed by atoms with Gasteiger partial charge in [0.1, 0.15) is 0 Å². The molecule has 0 bridgehead atoms. The van der Waals surface area contributed by atoms with Crippen LogP contribution in [-0.2, 0) is 9.84 Å². The number of hydrogen-bond donors (Lipinski definition) is 0. The van der Waals surface area contributed by atoms with Crippen LogP contribution in [0.25, 0.3) is 0 Å². The number of rotatable bonds is 1. The first-order valence-corrected chi connectivity index (χ1v) is 5.50. The molecular formula is C6H6BrNO2S. The van der Waals surface area contributed by atoms with Gasteiger partial charge in [0.15, 0.2) is 14.9 Å². The second-order valence-corrected chi connectivity index (χ2v) is 4.96. The van der Waals surface area contributed by atoms with Gasteiger partial charge in [0.05, 0.1) is 0 Å². The Hall–Kier alpha value is -0.420. The molecule has 1 heterocycles. The van der Waals surface area contributed by atoms with Gasteiger partial charge in [-0.2, -0.15) is 0 Å². The quantitative estimate of drug-likeness (QED) is 0.737. The summed E-state index contributed by atoms with van der Waals surface area (Å²) in [6.07, 6.45) is 2.57. The zero-order chi connectivity index (χ0) is 8.48. The molecular weight excluding hydrogens is 230 g/mol. The molecule has 0 aliphatic carbocycles. The number of halogens is 1. The van der Waals surface area contributed by atoms with Crippen molar-refractivity contribution in [3.05, 3.63) is 22.8 Å². The average molecular weight is 236 g/mol. The zero-order valence-corrected chi connectivity index (χ0v) is 8.18. The summed E-state index contributed by atoms with van der Waals surface area (Å²) in [7, 11) is -3.17. The number of aromatic nitrogens is 1. The fourth-order valence-corrected chi connectivity index (χ4v) is 1.67. The smallest absolute Gasteiger partial charge is 0.192 e. The molecule has 0 aliphatic rings. The van der Waals surface area contributed by atoms with Crippen molar-refractivity contribution in [2.45, 2.75) is 5.03 Å². The first-order chi connectivity index (χ1) is 5.00. The van der Waals surface area contributed by atoms with Crippen LogP contribution in [0.3, 0.4) is 0 Å². The fourth-order valence-electron chi connectivity index (χ4n) is 0.588. The summed E-state index contributed by atoms with van der Waals surface area (Å²) in [6.45, 7) is 0. The Morgan fingerprint density at radius 1 is 1.55 bits per heavy atom. The molecule has 1 aromatic heterocycles. The van der Waals surface area contributed by atoms with Crippen molar-refractivity contribution in [1.82, 2.24) is 4.98 Å². The second-order valence-electron chi connectivity index (χ2n) is 2.08. The van der Waals surface area contributed by atoms with Crippen LogP contribution in [0.15, 0.2) is 27.8 Å². The Balaban J connectivity index is 3.28. The Morgan fingerprint density at radius 2 is 2.18 bits per heavy atom. The molecule has 0 radical (unpaired) electrons. The Morgan fingerprint density at radius 3 is 2.55 bits per heavy atom. The van der Waals surface area contributed by atoms with Gasteiger partial charge in [-0.25, -0.2) is 13.4 Å². The van der Waals surface area contributed by atoms with E-state index in [1.165, 1.54) is 12.3 Å². The number of hydrogen-bond acceptors (Lipinski definition) is 3. The van der Waals surface area contributed by atoms with Gasteiger partial charge in [-0.3, -0.25) is 0 Å². The van der Waals surface area contributed by atoms with E-state index in [0.717, 1.165) is 6.26 Å². The highest BCUT2D eigenvalue weighted by Gasteiger charge is 2.07. The van der Waals surface area contributed by atoms with Crippen LogP contribution < -0.4 is 0 Å². The molecule has 11 heavy (non-hydrogen) atoms. The Labute approximate surface area is 73.5 Å². The summed E-state index contributed by atoms with van der Waals surface area (Å²) in [5.41, 5.74) is 0. The average Bonchev–Trinajstić information content (AvgIpc) is 1.86. The van der Waals surface area contributed by atoms with Crippen molar-refractivity contribution < 1.29 is 8.42 Å². The van der Waals surface area contributed by atoms with Crippen LogP contribution in [0.1, 0.15) is 0 Å². The molecule has 0 spiro atoms. The van der Waals surface area contributed by atoms with Crippen LogP contribution in [0.5, 0.6) is 0 Å². The summed E-state index contributed by atoms with van der Waals surface area (Å²) >= 11 is 3.15. The molecule has 0 saturated carbocycles. The zero-order valence-electron chi connectivity index (χ0n) is 5.78. The normalized spacial score (nSPS) is 11.5. The van der Waals surface area contributed by atoms with E-state index in [2.05, 4.69) is 20.9 Å². The maximum atomic E-state index is 10.9. The molecule has 1 aromatic rings. The SMILES string of the molecule is CS(=O)(=O)c1cc(Br)ccn1. The van der Waals surface area contributed by atoms with E-state index < -0.39 is 9.84 Å². The number of sulfone groups is 1. The molecule has 0 aromatic carbocycles. The third-order valence-electron chi connectivity index (χ3n) is 1.08. The third kappa shape index (κ3) is 2.27. The summed E-state index contributed by atoms with van der Waals surface area (Å²) in [5.74, 6) is 0. The summed E-state index contributed by atoms with van der Waals surface area (Å²) in [6, 6.07) is 3.14. The van der Waals surface area contributed by atoms with E-state index in [0.29, 0.717) is 4.47 Å². The largest absolute Gasteiger partial charge is 0.245 e. The molecule has 1 rings (SSSR count). The van der Waals surface area contributed by atoms with E-state index in [9.17, 15) is 8.42 Å². The predicted molar refractivity (Wildman–Crippen MR) is 45.0 cm³/mol. The van der Waals surface area contributed by atoms with Crippen LogP contribution >= 0.6 is 15.9 Å². The molecule has 0 aliphatic heterocycles. The van der Waals surface area contributed by atoms with Gasteiger partial charge >= 0.3 is 0 Å². The van der Waals surface area contributed by atoms with Crippen LogP contribution in [0.4, 0.5) is 0 Å². The predicted octanol–water partition coefficient (Wildman–Crippen LogP) is 1.25.